The Hall–Kier alpha value is -3.80. The van der Waals surface area contributed by atoms with Crippen LogP contribution in [0.1, 0.15) is 10.4 Å². The lowest BCUT2D eigenvalue weighted by molar-refractivity contribution is 0.0383. The van der Waals surface area contributed by atoms with Crippen molar-refractivity contribution in [2.24, 2.45) is 0 Å². The summed E-state index contributed by atoms with van der Waals surface area (Å²) in [6, 6.07) is 19.4. The van der Waals surface area contributed by atoms with Gasteiger partial charge in [-0.15, -0.1) is 5.10 Å². The summed E-state index contributed by atoms with van der Waals surface area (Å²) in [6.07, 6.45) is 1.18. The van der Waals surface area contributed by atoms with E-state index < -0.39 is 9.84 Å². The molecular formula is C26H28N6O4S. The van der Waals surface area contributed by atoms with Gasteiger partial charge >= 0.3 is 0 Å². The second-order valence-corrected chi connectivity index (χ2v) is 10.8. The van der Waals surface area contributed by atoms with Gasteiger partial charge in [-0.2, -0.15) is 4.98 Å². The molecule has 0 spiro atoms. The molecule has 1 amide bonds. The van der Waals surface area contributed by atoms with Gasteiger partial charge in [-0.1, -0.05) is 18.2 Å². The standard InChI is InChI=1S/C26H28N6O4S/c1-37(34,35)22-11-7-19(8-12-22)23-3-2-4-24-29-26(30-32(23)24)28-21-9-5-20(6-10-21)25(33)27-13-14-31-15-17-36-18-16-31/h2-12H,13-18H2,1H3,(H,27,33)(H,28,30). The van der Waals surface area contributed by atoms with Crippen LogP contribution in [-0.2, 0) is 14.6 Å². The Morgan fingerprint density at radius 2 is 1.73 bits per heavy atom. The lowest BCUT2D eigenvalue weighted by Gasteiger charge is -2.26. The van der Waals surface area contributed by atoms with E-state index in [9.17, 15) is 13.2 Å². The van der Waals surface area contributed by atoms with Gasteiger partial charge in [-0.3, -0.25) is 9.69 Å². The van der Waals surface area contributed by atoms with Crippen LogP contribution in [0.25, 0.3) is 16.9 Å². The smallest absolute Gasteiger partial charge is 0.251 e. The number of carbonyl (C=O) groups is 1. The number of pyridine rings is 1. The van der Waals surface area contributed by atoms with Crippen molar-refractivity contribution in [3.63, 3.8) is 0 Å². The molecule has 10 nitrogen and oxygen atoms in total. The van der Waals surface area contributed by atoms with Gasteiger partial charge in [0.25, 0.3) is 5.91 Å². The summed E-state index contributed by atoms with van der Waals surface area (Å²) < 4.78 is 30.6. The van der Waals surface area contributed by atoms with Gasteiger partial charge in [-0.05, 0) is 48.5 Å². The van der Waals surface area contributed by atoms with E-state index in [2.05, 4.69) is 25.6 Å². The monoisotopic (exact) mass is 520 g/mol. The van der Waals surface area contributed by atoms with Gasteiger partial charge in [0.15, 0.2) is 15.5 Å². The summed E-state index contributed by atoms with van der Waals surface area (Å²) >= 11 is 0. The van der Waals surface area contributed by atoms with Crippen molar-refractivity contribution in [2.75, 3.05) is 51.0 Å². The minimum Gasteiger partial charge on any atom is -0.379 e. The summed E-state index contributed by atoms with van der Waals surface area (Å²) in [5.41, 5.74) is 3.57. The molecule has 1 fully saturated rings. The van der Waals surface area contributed by atoms with Gasteiger partial charge in [-0.25, -0.2) is 12.9 Å². The molecule has 0 unspecified atom stereocenters. The highest BCUT2D eigenvalue weighted by molar-refractivity contribution is 7.90. The van der Waals surface area contributed by atoms with Crippen molar-refractivity contribution in [3.8, 4) is 11.3 Å². The van der Waals surface area contributed by atoms with Crippen molar-refractivity contribution in [3.05, 3.63) is 72.3 Å². The van der Waals surface area contributed by atoms with Crippen LogP contribution in [0.3, 0.4) is 0 Å². The second kappa shape index (κ2) is 10.7. The maximum Gasteiger partial charge on any atom is 0.251 e. The van der Waals surface area contributed by atoms with Crippen molar-refractivity contribution in [1.82, 2.24) is 24.8 Å². The summed E-state index contributed by atoms with van der Waals surface area (Å²) in [5, 5.41) is 10.7. The molecule has 0 saturated carbocycles. The SMILES string of the molecule is CS(=O)(=O)c1ccc(-c2cccc3nc(Nc4ccc(C(=O)NCCN5CCOCC5)cc4)nn23)cc1. The van der Waals surface area contributed by atoms with Gasteiger partial charge in [0, 0.05) is 49.2 Å². The van der Waals surface area contributed by atoms with Crippen molar-refractivity contribution < 1.29 is 17.9 Å². The molecule has 0 radical (unpaired) electrons. The highest BCUT2D eigenvalue weighted by atomic mass is 32.2. The Bertz CT molecular complexity index is 1490. The van der Waals surface area contributed by atoms with Crippen molar-refractivity contribution in [1.29, 1.82) is 0 Å². The molecule has 1 saturated heterocycles. The van der Waals surface area contributed by atoms with Crippen molar-refractivity contribution >= 4 is 33.0 Å². The number of aromatic nitrogens is 3. The third-order valence-corrected chi connectivity index (χ3v) is 7.29. The molecule has 2 aromatic heterocycles. The van der Waals surface area contributed by atoms with Crippen LogP contribution in [0.4, 0.5) is 11.6 Å². The molecule has 3 heterocycles. The second-order valence-electron chi connectivity index (χ2n) is 8.83. The third-order valence-electron chi connectivity index (χ3n) is 6.16. The molecule has 0 bridgehead atoms. The molecule has 37 heavy (non-hydrogen) atoms. The average Bonchev–Trinajstić information content (AvgIpc) is 3.32. The number of benzene rings is 2. The molecule has 5 rings (SSSR count). The van der Waals surface area contributed by atoms with Crippen molar-refractivity contribution in [2.45, 2.75) is 4.90 Å². The minimum atomic E-state index is -3.27. The lowest BCUT2D eigenvalue weighted by Crippen LogP contribution is -2.41. The van der Waals surface area contributed by atoms with Crippen LogP contribution < -0.4 is 10.6 Å². The fraction of sp³-hybridized carbons (Fsp3) is 0.269. The molecule has 11 heteroatoms. The first-order valence-corrected chi connectivity index (χ1v) is 13.9. The predicted molar refractivity (Wildman–Crippen MR) is 141 cm³/mol. The van der Waals surface area contributed by atoms with Crippen LogP contribution in [0.5, 0.6) is 0 Å². The zero-order valence-electron chi connectivity index (χ0n) is 20.4. The molecule has 2 aromatic carbocycles. The number of fused-ring (bicyclic) bond motifs is 1. The topological polar surface area (TPSA) is 118 Å². The first-order valence-electron chi connectivity index (χ1n) is 12.0. The molecular weight excluding hydrogens is 492 g/mol. The number of morpholine rings is 1. The largest absolute Gasteiger partial charge is 0.379 e. The van der Waals surface area contributed by atoms with E-state index in [0.29, 0.717) is 23.7 Å². The summed E-state index contributed by atoms with van der Waals surface area (Å²) in [5.74, 6) is 0.292. The Morgan fingerprint density at radius 3 is 2.43 bits per heavy atom. The number of ether oxygens (including phenoxy) is 1. The lowest BCUT2D eigenvalue weighted by atomic mass is 10.1. The summed E-state index contributed by atoms with van der Waals surface area (Å²) in [4.78, 5) is 19.6. The molecule has 1 aliphatic rings. The molecule has 1 aliphatic heterocycles. The first-order chi connectivity index (χ1) is 17.9. The summed E-state index contributed by atoms with van der Waals surface area (Å²) in [6.45, 7) is 4.66. The fourth-order valence-electron chi connectivity index (χ4n) is 4.14. The number of nitrogens with zero attached hydrogens (tertiary/aromatic N) is 4. The number of hydrogen-bond acceptors (Lipinski definition) is 8. The summed E-state index contributed by atoms with van der Waals surface area (Å²) in [7, 11) is -3.27. The van der Waals surface area contributed by atoms with Gasteiger partial charge < -0.3 is 15.4 Å². The number of hydrogen-bond donors (Lipinski definition) is 2. The van der Waals surface area contributed by atoms with E-state index in [4.69, 9.17) is 4.74 Å². The van der Waals surface area contributed by atoms with E-state index in [1.165, 1.54) is 6.26 Å². The molecule has 0 atom stereocenters. The number of anilines is 2. The van der Waals surface area contributed by atoms with Crippen LogP contribution in [0, 0.1) is 0 Å². The highest BCUT2D eigenvalue weighted by Crippen LogP contribution is 2.23. The number of sulfone groups is 1. The number of rotatable bonds is 8. The van der Waals surface area contributed by atoms with Gasteiger partial charge in [0.2, 0.25) is 5.95 Å². The van der Waals surface area contributed by atoms with Crippen LogP contribution in [0.2, 0.25) is 0 Å². The normalized spacial score (nSPS) is 14.5. The Kier molecular flexibility index (Phi) is 7.17. The Morgan fingerprint density at radius 1 is 1.00 bits per heavy atom. The quantitative estimate of drug-likeness (QED) is 0.364. The van der Waals surface area contributed by atoms with Crippen LogP contribution in [-0.4, -0.2) is 79.5 Å². The van der Waals surface area contributed by atoms with E-state index in [0.717, 1.165) is 49.8 Å². The predicted octanol–water partition coefficient (Wildman–Crippen LogP) is 2.61. The van der Waals surface area contributed by atoms with E-state index in [-0.39, 0.29) is 10.8 Å². The van der Waals surface area contributed by atoms with Crippen LogP contribution >= 0.6 is 0 Å². The van der Waals surface area contributed by atoms with E-state index in [1.54, 1.807) is 40.9 Å². The molecule has 4 aromatic rings. The highest BCUT2D eigenvalue weighted by Gasteiger charge is 2.13. The zero-order valence-corrected chi connectivity index (χ0v) is 21.2. The zero-order chi connectivity index (χ0) is 25.8. The maximum absolute atomic E-state index is 12.5. The van der Waals surface area contributed by atoms with Gasteiger partial charge in [0.05, 0.1) is 23.8 Å². The number of nitrogens with one attached hydrogen (secondary N) is 2. The number of carbonyl (C=O) groups excluding carboxylic acids is 1. The molecule has 0 aliphatic carbocycles. The molecule has 2 N–H and O–H groups in total. The third kappa shape index (κ3) is 5.96. The number of amides is 1. The first kappa shape index (κ1) is 24.9. The Balaban J connectivity index is 1.25. The van der Waals surface area contributed by atoms with Crippen LogP contribution in [0.15, 0.2) is 71.6 Å². The van der Waals surface area contributed by atoms with E-state index >= 15 is 0 Å². The maximum atomic E-state index is 12.5. The average molecular weight is 521 g/mol. The molecule has 192 valence electrons. The van der Waals surface area contributed by atoms with E-state index in [1.807, 2.05) is 30.3 Å². The Labute approximate surface area is 215 Å². The van der Waals surface area contributed by atoms with Gasteiger partial charge in [0.1, 0.15) is 0 Å². The fourth-order valence-corrected chi connectivity index (χ4v) is 4.77. The minimum absolute atomic E-state index is 0.114.